The Morgan fingerprint density at radius 3 is 1.94 bits per heavy atom. The summed E-state index contributed by atoms with van der Waals surface area (Å²) < 4.78 is 10.2. The summed E-state index contributed by atoms with van der Waals surface area (Å²) in [5, 5.41) is 0. The van der Waals surface area contributed by atoms with E-state index in [1.807, 2.05) is 6.92 Å². The highest BCUT2D eigenvalue weighted by atomic mass is 28.3. The molecule has 0 spiro atoms. The van der Waals surface area contributed by atoms with Gasteiger partial charge in [-0.2, -0.15) is 0 Å². The predicted octanol–water partition coefficient (Wildman–Crippen LogP) is 1.26. The lowest BCUT2D eigenvalue weighted by Gasteiger charge is -2.23. The van der Waals surface area contributed by atoms with Crippen molar-refractivity contribution in [3.8, 4) is 0 Å². The quantitative estimate of drug-likeness (QED) is 0.678. The standard InChI is InChI=1S/C11H23NO4Si.H3N/c1-5-6-11(8(2)12)7-17(15-9(3)13)16-10(4)14;/h8,11,17H,5-7,12H2,1-4H3;1H3. The highest BCUT2D eigenvalue weighted by Gasteiger charge is 2.26. The second-order valence-electron chi connectivity index (χ2n) is 4.29. The first kappa shape index (κ1) is 19.4. The Bertz CT molecular complexity index is 245. The minimum atomic E-state index is -2.27. The Balaban J connectivity index is 0. The summed E-state index contributed by atoms with van der Waals surface area (Å²) in [6.45, 7) is 6.64. The summed E-state index contributed by atoms with van der Waals surface area (Å²) in [5.74, 6) is -0.568. The Labute approximate surface area is 111 Å². The van der Waals surface area contributed by atoms with Crippen LogP contribution in [-0.2, 0) is 18.4 Å². The molecule has 18 heavy (non-hydrogen) atoms. The van der Waals surface area contributed by atoms with Gasteiger partial charge >= 0.3 is 9.28 Å². The molecule has 0 saturated carbocycles. The van der Waals surface area contributed by atoms with Crippen LogP contribution in [0, 0.1) is 5.92 Å². The van der Waals surface area contributed by atoms with Crippen molar-refractivity contribution < 1.29 is 18.4 Å². The lowest BCUT2D eigenvalue weighted by Crippen LogP contribution is -2.35. The number of hydrogen-bond donors (Lipinski definition) is 2. The summed E-state index contributed by atoms with van der Waals surface area (Å²) >= 11 is 0. The Hall–Kier alpha value is -0.923. The first-order valence-corrected chi connectivity index (χ1v) is 7.72. The molecule has 0 heterocycles. The molecular formula is C11H26N2O4Si. The molecule has 0 aliphatic rings. The van der Waals surface area contributed by atoms with E-state index in [4.69, 9.17) is 14.6 Å². The van der Waals surface area contributed by atoms with E-state index in [0.29, 0.717) is 6.04 Å². The fraction of sp³-hybridized carbons (Fsp3) is 0.818. The van der Waals surface area contributed by atoms with Crippen LogP contribution in [0.15, 0.2) is 0 Å². The molecule has 0 bridgehead atoms. The smallest absolute Gasteiger partial charge is 0.448 e. The summed E-state index contributed by atoms with van der Waals surface area (Å²) in [6.07, 6.45) is 1.96. The third kappa shape index (κ3) is 9.14. The average molecular weight is 278 g/mol. The molecule has 2 unspecified atom stereocenters. The van der Waals surface area contributed by atoms with Gasteiger partial charge in [-0.05, 0) is 19.3 Å². The van der Waals surface area contributed by atoms with E-state index in [2.05, 4.69) is 6.92 Å². The van der Waals surface area contributed by atoms with Gasteiger partial charge in [0.1, 0.15) is 0 Å². The van der Waals surface area contributed by atoms with Crippen LogP contribution in [-0.4, -0.2) is 27.3 Å². The summed E-state index contributed by atoms with van der Waals surface area (Å²) in [4.78, 5) is 21.9. The molecule has 0 aromatic heterocycles. The monoisotopic (exact) mass is 278 g/mol. The third-order valence-electron chi connectivity index (χ3n) is 2.49. The van der Waals surface area contributed by atoms with Crippen molar-refractivity contribution in [1.29, 1.82) is 0 Å². The number of carbonyl (C=O) groups is 2. The molecule has 0 fully saturated rings. The highest BCUT2D eigenvalue weighted by Crippen LogP contribution is 2.18. The van der Waals surface area contributed by atoms with E-state index in [1.54, 1.807) is 0 Å². The zero-order valence-corrected chi connectivity index (χ0v) is 12.9. The lowest BCUT2D eigenvalue weighted by atomic mass is 9.99. The van der Waals surface area contributed by atoms with Crippen molar-refractivity contribution in [2.24, 2.45) is 11.7 Å². The van der Waals surface area contributed by atoms with Crippen LogP contribution in [0.3, 0.4) is 0 Å². The summed E-state index contributed by atoms with van der Waals surface area (Å²) in [6, 6.07) is 0.598. The van der Waals surface area contributed by atoms with Crippen LogP contribution in [0.5, 0.6) is 0 Å². The van der Waals surface area contributed by atoms with Crippen molar-refractivity contribution in [2.45, 2.75) is 52.6 Å². The largest absolute Gasteiger partial charge is 0.487 e. The number of carbonyl (C=O) groups excluding carboxylic acids is 2. The molecule has 0 saturated heterocycles. The third-order valence-corrected chi connectivity index (χ3v) is 4.67. The van der Waals surface area contributed by atoms with Crippen molar-refractivity contribution in [3.63, 3.8) is 0 Å². The maximum absolute atomic E-state index is 10.9. The van der Waals surface area contributed by atoms with Gasteiger partial charge in [0.05, 0.1) is 0 Å². The second-order valence-corrected chi connectivity index (χ2v) is 6.09. The van der Waals surface area contributed by atoms with Gasteiger partial charge in [0.2, 0.25) is 0 Å². The maximum atomic E-state index is 10.9. The van der Waals surface area contributed by atoms with E-state index in [-0.39, 0.29) is 18.1 Å². The first-order valence-electron chi connectivity index (χ1n) is 5.96. The molecule has 0 amide bonds. The predicted molar refractivity (Wildman–Crippen MR) is 72.6 cm³/mol. The number of rotatable bonds is 7. The molecule has 0 aromatic carbocycles. The second kappa shape index (κ2) is 10.0. The zero-order valence-electron chi connectivity index (χ0n) is 11.8. The van der Waals surface area contributed by atoms with Gasteiger partial charge in [0.15, 0.2) is 0 Å². The van der Waals surface area contributed by atoms with E-state index in [0.717, 1.165) is 12.8 Å². The Kier molecular flexibility index (Phi) is 10.8. The van der Waals surface area contributed by atoms with Gasteiger partial charge in [-0.25, -0.2) is 0 Å². The van der Waals surface area contributed by atoms with Crippen molar-refractivity contribution in [1.82, 2.24) is 6.15 Å². The normalized spacial score (nSPS) is 13.4. The summed E-state index contributed by atoms with van der Waals surface area (Å²) in [5.41, 5.74) is 5.87. The van der Waals surface area contributed by atoms with Crippen molar-refractivity contribution >= 4 is 21.2 Å². The van der Waals surface area contributed by atoms with E-state index in [1.165, 1.54) is 13.8 Å². The molecule has 0 aliphatic heterocycles. The fourth-order valence-corrected chi connectivity index (χ4v) is 3.84. The van der Waals surface area contributed by atoms with Crippen LogP contribution in [0.1, 0.15) is 40.5 Å². The van der Waals surface area contributed by atoms with Gasteiger partial charge in [0.25, 0.3) is 11.9 Å². The molecule has 0 aliphatic carbocycles. The SMILES string of the molecule is CCCC(C[SiH](OC(C)=O)OC(C)=O)C(C)N.N. The molecule has 6 nitrogen and oxygen atoms in total. The van der Waals surface area contributed by atoms with Crippen LogP contribution in [0.4, 0.5) is 0 Å². The van der Waals surface area contributed by atoms with E-state index >= 15 is 0 Å². The van der Waals surface area contributed by atoms with Crippen molar-refractivity contribution in [3.05, 3.63) is 0 Å². The zero-order chi connectivity index (χ0) is 13.4. The minimum absolute atomic E-state index is 0. The molecule has 2 atom stereocenters. The Morgan fingerprint density at radius 2 is 1.67 bits per heavy atom. The molecular weight excluding hydrogens is 252 g/mol. The van der Waals surface area contributed by atoms with Crippen LogP contribution in [0.25, 0.3) is 0 Å². The molecule has 0 aromatic rings. The highest BCUT2D eigenvalue weighted by molar-refractivity contribution is 6.48. The van der Waals surface area contributed by atoms with E-state index < -0.39 is 21.2 Å². The van der Waals surface area contributed by atoms with Gasteiger partial charge in [-0.1, -0.05) is 13.3 Å². The fourth-order valence-electron chi connectivity index (χ4n) is 1.70. The number of hydrogen-bond acceptors (Lipinski definition) is 6. The van der Waals surface area contributed by atoms with Crippen LogP contribution < -0.4 is 11.9 Å². The molecule has 5 N–H and O–H groups in total. The van der Waals surface area contributed by atoms with Gasteiger partial charge in [-0.3, -0.25) is 9.59 Å². The number of nitrogens with two attached hydrogens (primary N) is 1. The summed E-state index contributed by atoms with van der Waals surface area (Å²) in [7, 11) is -2.27. The molecule has 108 valence electrons. The molecule has 7 heteroatoms. The molecule has 0 rings (SSSR count). The first-order chi connectivity index (χ1) is 7.86. The van der Waals surface area contributed by atoms with Gasteiger partial charge in [0, 0.05) is 25.9 Å². The van der Waals surface area contributed by atoms with Crippen molar-refractivity contribution in [2.75, 3.05) is 0 Å². The Morgan fingerprint density at radius 1 is 1.22 bits per heavy atom. The van der Waals surface area contributed by atoms with Gasteiger partial charge in [-0.15, -0.1) is 0 Å². The molecule has 0 radical (unpaired) electrons. The minimum Gasteiger partial charge on any atom is -0.487 e. The maximum Gasteiger partial charge on any atom is 0.448 e. The van der Waals surface area contributed by atoms with Crippen LogP contribution >= 0.6 is 0 Å². The van der Waals surface area contributed by atoms with Gasteiger partial charge < -0.3 is 20.7 Å². The lowest BCUT2D eigenvalue weighted by molar-refractivity contribution is -0.137. The van der Waals surface area contributed by atoms with Crippen LogP contribution in [0.2, 0.25) is 6.04 Å². The van der Waals surface area contributed by atoms with E-state index in [9.17, 15) is 9.59 Å². The average Bonchev–Trinajstić information content (AvgIpc) is 2.14. The topological polar surface area (TPSA) is 114 Å².